The maximum atomic E-state index is 13.7. The van der Waals surface area contributed by atoms with Gasteiger partial charge >= 0.3 is 5.97 Å². The number of thioether (sulfide) groups is 1. The van der Waals surface area contributed by atoms with E-state index in [1.807, 2.05) is 0 Å². The van der Waals surface area contributed by atoms with Gasteiger partial charge in [-0.05, 0) is 35.9 Å². The third-order valence-electron chi connectivity index (χ3n) is 3.42. The summed E-state index contributed by atoms with van der Waals surface area (Å²) in [7, 11) is 1.42. The predicted octanol–water partition coefficient (Wildman–Crippen LogP) is 3.54. The van der Waals surface area contributed by atoms with E-state index < -0.39 is 11.8 Å². The number of thiocarbonyl (C=S) groups is 1. The minimum Gasteiger partial charge on any atom is -0.493 e. The summed E-state index contributed by atoms with van der Waals surface area (Å²) in [6.45, 7) is 0. The Balaban J connectivity index is 1.85. The molecular formula is C18H12FNO4S2. The summed E-state index contributed by atoms with van der Waals surface area (Å²) in [5, 5.41) is 2.53. The summed E-state index contributed by atoms with van der Waals surface area (Å²) in [6, 6.07) is 10.3. The number of rotatable bonds is 4. The van der Waals surface area contributed by atoms with Crippen molar-refractivity contribution in [1.29, 1.82) is 0 Å². The number of hydrogen-bond acceptors (Lipinski definition) is 6. The van der Waals surface area contributed by atoms with Gasteiger partial charge in [-0.15, -0.1) is 0 Å². The van der Waals surface area contributed by atoms with Crippen molar-refractivity contribution < 1.29 is 23.5 Å². The average molecular weight is 389 g/mol. The van der Waals surface area contributed by atoms with E-state index in [0.717, 1.165) is 11.8 Å². The van der Waals surface area contributed by atoms with E-state index in [0.29, 0.717) is 14.8 Å². The highest BCUT2D eigenvalue weighted by molar-refractivity contribution is 8.26. The first kappa shape index (κ1) is 18.1. The number of carbonyl (C=O) groups is 2. The third-order valence-corrected chi connectivity index (χ3v) is 4.59. The van der Waals surface area contributed by atoms with Crippen LogP contribution in [-0.2, 0) is 4.79 Å². The topological polar surface area (TPSA) is 64.6 Å². The van der Waals surface area contributed by atoms with Crippen LogP contribution in [0.5, 0.6) is 11.5 Å². The molecule has 1 aliphatic heterocycles. The first-order valence-electron chi connectivity index (χ1n) is 7.37. The summed E-state index contributed by atoms with van der Waals surface area (Å²) in [6.07, 6.45) is 1.64. The van der Waals surface area contributed by atoms with E-state index in [9.17, 15) is 14.0 Å². The Kier molecular flexibility index (Phi) is 5.34. The van der Waals surface area contributed by atoms with E-state index >= 15 is 0 Å². The first-order valence-corrected chi connectivity index (χ1v) is 8.60. The van der Waals surface area contributed by atoms with Gasteiger partial charge in [0.1, 0.15) is 10.1 Å². The van der Waals surface area contributed by atoms with Crippen LogP contribution < -0.4 is 14.8 Å². The number of nitrogens with one attached hydrogen (secondary N) is 1. The molecule has 0 saturated carbocycles. The van der Waals surface area contributed by atoms with Crippen LogP contribution >= 0.6 is 24.0 Å². The maximum absolute atomic E-state index is 13.7. The quantitative estimate of drug-likeness (QED) is 0.373. The van der Waals surface area contributed by atoms with Gasteiger partial charge in [0.25, 0.3) is 5.91 Å². The van der Waals surface area contributed by atoms with Crippen molar-refractivity contribution in [3.05, 3.63) is 64.3 Å². The van der Waals surface area contributed by atoms with Crippen molar-refractivity contribution in [2.45, 2.75) is 0 Å². The minimum absolute atomic E-state index is 0.141. The SMILES string of the molecule is COc1cc(/C=C2\SC(=S)NC2=O)ccc1OC(=O)c1ccccc1F. The van der Waals surface area contributed by atoms with E-state index in [1.54, 1.807) is 24.3 Å². The van der Waals surface area contributed by atoms with Gasteiger partial charge in [-0.3, -0.25) is 4.79 Å². The highest BCUT2D eigenvalue weighted by Crippen LogP contribution is 2.32. The van der Waals surface area contributed by atoms with Crippen molar-refractivity contribution >= 4 is 46.3 Å². The largest absolute Gasteiger partial charge is 0.493 e. The molecular weight excluding hydrogens is 377 g/mol. The van der Waals surface area contributed by atoms with Gasteiger partial charge in [0, 0.05) is 0 Å². The number of amides is 1. The Labute approximate surface area is 158 Å². The second-order valence-corrected chi connectivity index (χ2v) is 6.85. The average Bonchev–Trinajstić information content (AvgIpc) is 2.93. The summed E-state index contributed by atoms with van der Waals surface area (Å²) in [5.74, 6) is -1.35. The molecule has 5 nitrogen and oxygen atoms in total. The van der Waals surface area contributed by atoms with Crippen molar-refractivity contribution in [2.75, 3.05) is 7.11 Å². The molecule has 1 amide bonds. The summed E-state index contributed by atoms with van der Waals surface area (Å²) in [5.41, 5.74) is 0.489. The molecule has 1 N–H and O–H groups in total. The lowest BCUT2D eigenvalue weighted by Gasteiger charge is -2.10. The molecule has 0 bridgehead atoms. The van der Waals surface area contributed by atoms with Gasteiger partial charge in [0.2, 0.25) is 0 Å². The fourth-order valence-electron chi connectivity index (χ4n) is 2.21. The van der Waals surface area contributed by atoms with E-state index in [4.69, 9.17) is 21.7 Å². The minimum atomic E-state index is -0.830. The molecule has 0 aromatic heterocycles. The Bertz CT molecular complexity index is 943. The number of halogens is 1. The maximum Gasteiger partial charge on any atom is 0.346 e. The van der Waals surface area contributed by atoms with Crippen LogP contribution in [0.1, 0.15) is 15.9 Å². The molecule has 3 rings (SSSR count). The fraction of sp³-hybridized carbons (Fsp3) is 0.0556. The lowest BCUT2D eigenvalue weighted by molar-refractivity contribution is -0.115. The Morgan fingerprint density at radius 1 is 1.23 bits per heavy atom. The number of methoxy groups -OCH3 is 1. The predicted molar refractivity (Wildman–Crippen MR) is 101 cm³/mol. The number of carbonyl (C=O) groups excluding carboxylic acids is 2. The zero-order chi connectivity index (χ0) is 18.7. The molecule has 26 heavy (non-hydrogen) atoms. The van der Waals surface area contributed by atoms with Crippen LogP contribution in [0.15, 0.2) is 47.4 Å². The zero-order valence-corrected chi connectivity index (χ0v) is 15.1. The Morgan fingerprint density at radius 2 is 2.00 bits per heavy atom. The molecule has 2 aromatic carbocycles. The molecule has 132 valence electrons. The highest BCUT2D eigenvalue weighted by atomic mass is 32.2. The summed E-state index contributed by atoms with van der Waals surface area (Å²) in [4.78, 5) is 24.3. The Hall–Kier alpha value is -2.71. The van der Waals surface area contributed by atoms with Crippen LogP contribution in [0.2, 0.25) is 0 Å². The van der Waals surface area contributed by atoms with Crippen LogP contribution in [0.25, 0.3) is 6.08 Å². The standard InChI is InChI=1S/C18H12FNO4S2/c1-23-14-8-10(9-15-16(21)20-18(25)26-15)6-7-13(14)24-17(22)11-4-2-3-5-12(11)19/h2-9H,1H3,(H,20,21,25)/b15-9-. The molecule has 0 atom stereocenters. The third kappa shape index (κ3) is 3.92. The molecule has 1 saturated heterocycles. The molecule has 0 aliphatic carbocycles. The monoisotopic (exact) mass is 389 g/mol. The molecule has 1 fully saturated rings. The van der Waals surface area contributed by atoms with Crippen LogP contribution in [0.4, 0.5) is 4.39 Å². The zero-order valence-electron chi connectivity index (χ0n) is 13.4. The second-order valence-electron chi connectivity index (χ2n) is 5.13. The molecule has 0 unspecified atom stereocenters. The summed E-state index contributed by atoms with van der Waals surface area (Å²) >= 11 is 6.10. The van der Waals surface area contributed by atoms with Crippen molar-refractivity contribution in [1.82, 2.24) is 5.32 Å². The van der Waals surface area contributed by atoms with E-state index in [2.05, 4.69) is 5.32 Å². The van der Waals surface area contributed by atoms with Gasteiger partial charge in [-0.25, -0.2) is 9.18 Å². The number of benzene rings is 2. The number of hydrogen-bond donors (Lipinski definition) is 1. The van der Waals surface area contributed by atoms with Crippen molar-refractivity contribution in [3.63, 3.8) is 0 Å². The van der Waals surface area contributed by atoms with Gasteiger partial charge in [0.15, 0.2) is 11.5 Å². The molecule has 2 aromatic rings. The van der Waals surface area contributed by atoms with Gasteiger partial charge < -0.3 is 14.8 Å². The molecule has 0 radical (unpaired) electrons. The van der Waals surface area contributed by atoms with Crippen molar-refractivity contribution in [2.24, 2.45) is 0 Å². The summed E-state index contributed by atoms with van der Waals surface area (Å²) < 4.78 is 24.6. The van der Waals surface area contributed by atoms with Crippen molar-refractivity contribution in [3.8, 4) is 11.5 Å². The van der Waals surface area contributed by atoms with Gasteiger partial charge in [0.05, 0.1) is 17.6 Å². The Morgan fingerprint density at radius 3 is 2.65 bits per heavy atom. The number of esters is 1. The lowest BCUT2D eigenvalue weighted by atomic mass is 10.1. The normalized spacial score (nSPS) is 15.1. The van der Waals surface area contributed by atoms with E-state index in [1.165, 1.54) is 31.4 Å². The first-order chi connectivity index (χ1) is 12.5. The molecule has 8 heteroatoms. The van der Waals surface area contributed by atoms with Crippen LogP contribution in [0, 0.1) is 5.82 Å². The van der Waals surface area contributed by atoms with Crippen LogP contribution in [0.3, 0.4) is 0 Å². The van der Waals surface area contributed by atoms with Gasteiger partial charge in [-0.2, -0.15) is 0 Å². The fourth-order valence-corrected chi connectivity index (χ4v) is 3.26. The smallest absolute Gasteiger partial charge is 0.346 e. The second kappa shape index (κ2) is 7.67. The number of ether oxygens (including phenoxy) is 2. The van der Waals surface area contributed by atoms with Crippen LogP contribution in [-0.4, -0.2) is 23.3 Å². The molecule has 0 spiro atoms. The van der Waals surface area contributed by atoms with Gasteiger partial charge in [-0.1, -0.05) is 42.2 Å². The van der Waals surface area contributed by atoms with E-state index in [-0.39, 0.29) is 23.0 Å². The highest BCUT2D eigenvalue weighted by Gasteiger charge is 2.22. The molecule has 1 heterocycles. The molecule has 1 aliphatic rings. The lowest BCUT2D eigenvalue weighted by Crippen LogP contribution is -2.17.